The van der Waals surface area contributed by atoms with Gasteiger partial charge in [-0.15, -0.1) is 0 Å². The maximum absolute atomic E-state index is 13.2. The fourth-order valence-corrected chi connectivity index (χ4v) is 2.32. The second-order valence-corrected chi connectivity index (χ2v) is 5.40. The standard InChI is InChI=1S/C15H20F2N2O2/c1-9(11-3-4-12(16)13(17)7-11)8-18-15(20)19-14-5-6-21-10(14)2/h3-4,7,9-10,14H,5-6,8H2,1-2H3,(H2,18,19,20)/t9-,10-,14+/m1/s1. The van der Waals surface area contributed by atoms with E-state index in [1.807, 2.05) is 13.8 Å². The Bertz CT molecular complexity index is 510. The quantitative estimate of drug-likeness (QED) is 0.897. The Morgan fingerprint density at radius 1 is 1.43 bits per heavy atom. The van der Waals surface area contributed by atoms with Crippen LogP contribution in [0.3, 0.4) is 0 Å². The maximum atomic E-state index is 13.2. The Labute approximate surface area is 122 Å². The smallest absolute Gasteiger partial charge is 0.315 e. The summed E-state index contributed by atoms with van der Waals surface area (Å²) in [6.07, 6.45) is 0.812. The molecule has 6 heteroatoms. The van der Waals surface area contributed by atoms with Crippen LogP contribution in [0.15, 0.2) is 18.2 Å². The third-order valence-electron chi connectivity index (χ3n) is 3.77. The van der Waals surface area contributed by atoms with Gasteiger partial charge in [0.25, 0.3) is 0 Å². The molecule has 2 amide bonds. The largest absolute Gasteiger partial charge is 0.376 e. The summed E-state index contributed by atoms with van der Waals surface area (Å²) in [5, 5.41) is 5.59. The SMILES string of the molecule is C[C@H](CNC(=O)N[C@H]1CCO[C@@H]1C)c1ccc(F)c(F)c1. The molecule has 1 aromatic carbocycles. The van der Waals surface area contributed by atoms with Gasteiger partial charge in [-0.3, -0.25) is 0 Å². The van der Waals surface area contributed by atoms with Crippen LogP contribution in [0.5, 0.6) is 0 Å². The number of ether oxygens (including phenoxy) is 1. The summed E-state index contributed by atoms with van der Waals surface area (Å²) in [7, 11) is 0. The van der Waals surface area contributed by atoms with Crippen molar-refractivity contribution < 1.29 is 18.3 Å². The molecule has 116 valence electrons. The highest BCUT2D eigenvalue weighted by Crippen LogP contribution is 2.17. The van der Waals surface area contributed by atoms with Crippen LogP contribution in [0.1, 0.15) is 31.7 Å². The predicted molar refractivity (Wildman–Crippen MR) is 75.1 cm³/mol. The molecule has 21 heavy (non-hydrogen) atoms. The molecule has 2 rings (SSSR count). The number of halogens is 2. The average Bonchev–Trinajstić information content (AvgIpc) is 2.84. The van der Waals surface area contributed by atoms with E-state index in [-0.39, 0.29) is 24.1 Å². The second kappa shape index (κ2) is 6.85. The number of urea groups is 1. The van der Waals surface area contributed by atoms with Crippen LogP contribution in [-0.2, 0) is 4.74 Å². The highest BCUT2D eigenvalue weighted by Gasteiger charge is 2.25. The van der Waals surface area contributed by atoms with Gasteiger partial charge in [-0.1, -0.05) is 13.0 Å². The molecular formula is C15H20F2N2O2. The summed E-state index contributed by atoms with van der Waals surface area (Å²) in [6.45, 7) is 4.76. The van der Waals surface area contributed by atoms with Gasteiger partial charge < -0.3 is 15.4 Å². The summed E-state index contributed by atoms with van der Waals surface area (Å²) < 4.78 is 31.4. The van der Waals surface area contributed by atoms with Gasteiger partial charge in [0.1, 0.15) is 0 Å². The molecule has 0 bridgehead atoms. The average molecular weight is 298 g/mol. The van der Waals surface area contributed by atoms with Crippen LogP contribution in [-0.4, -0.2) is 31.3 Å². The number of nitrogens with one attached hydrogen (secondary N) is 2. The van der Waals surface area contributed by atoms with Gasteiger partial charge in [0.05, 0.1) is 12.1 Å². The van der Waals surface area contributed by atoms with E-state index < -0.39 is 11.6 Å². The van der Waals surface area contributed by atoms with E-state index in [9.17, 15) is 13.6 Å². The van der Waals surface area contributed by atoms with Gasteiger partial charge in [0.15, 0.2) is 11.6 Å². The van der Waals surface area contributed by atoms with Crippen molar-refractivity contribution in [1.29, 1.82) is 0 Å². The summed E-state index contributed by atoms with van der Waals surface area (Å²) >= 11 is 0. The summed E-state index contributed by atoms with van der Waals surface area (Å²) in [5.41, 5.74) is 0.645. The first-order valence-electron chi connectivity index (χ1n) is 7.08. The zero-order chi connectivity index (χ0) is 15.4. The van der Waals surface area contributed by atoms with Crippen molar-refractivity contribution in [3.63, 3.8) is 0 Å². The monoisotopic (exact) mass is 298 g/mol. The number of rotatable bonds is 4. The summed E-state index contributed by atoms with van der Waals surface area (Å²) in [4.78, 5) is 11.8. The Balaban J connectivity index is 1.81. The van der Waals surface area contributed by atoms with Gasteiger partial charge in [0.2, 0.25) is 0 Å². The molecule has 1 fully saturated rings. The molecule has 0 radical (unpaired) electrons. The number of carbonyl (C=O) groups is 1. The third-order valence-corrected chi connectivity index (χ3v) is 3.77. The predicted octanol–water partition coefficient (Wildman–Crippen LogP) is 2.54. The minimum absolute atomic E-state index is 0.0133. The van der Waals surface area contributed by atoms with Crippen molar-refractivity contribution >= 4 is 6.03 Å². The first-order valence-corrected chi connectivity index (χ1v) is 7.08. The molecule has 0 spiro atoms. The first kappa shape index (κ1) is 15.7. The number of carbonyl (C=O) groups excluding carboxylic acids is 1. The number of amides is 2. The van der Waals surface area contributed by atoms with Gasteiger partial charge in [-0.05, 0) is 37.0 Å². The molecule has 1 heterocycles. The van der Waals surface area contributed by atoms with Gasteiger partial charge >= 0.3 is 6.03 Å². The lowest BCUT2D eigenvalue weighted by molar-refractivity contribution is 0.114. The first-order chi connectivity index (χ1) is 9.97. The molecule has 1 aromatic rings. The van der Waals surface area contributed by atoms with Gasteiger partial charge in [-0.25, -0.2) is 13.6 Å². The minimum Gasteiger partial charge on any atom is -0.376 e. The van der Waals surface area contributed by atoms with Crippen LogP contribution in [0.4, 0.5) is 13.6 Å². The van der Waals surface area contributed by atoms with Crippen molar-refractivity contribution in [3.05, 3.63) is 35.4 Å². The van der Waals surface area contributed by atoms with E-state index in [4.69, 9.17) is 4.74 Å². The summed E-state index contributed by atoms with van der Waals surface area (Å²) in [5.74, 6) is -1.85. The Hall–Kier alpha value is -1.69. The van der Waals surface area contributed by atoms with Crippen molar-refractivity contribution in [3.8, 4) is 0 Å². The van der Waals surface area contributed by atoms with E-state index >= 15 is 0 Å². The molecule has 0 aromatic heterocycles. The van der Waals surface area contributed by atoms with E-state index in [2.05, 4.69) is 10.6 Å². The molecule has 0 saturated carbocycles. The molecule has 0 aliphatic carbocycles. The number of benzene rings is 1. The lowest BCUT2D eigenvalue weighted by Crippen LogP contribution is -2.45. The van der Waals surface area contributed by atoms with E-state index in [1.165, 1.54) is 6.07 Å². The van der Waals surface area contributed by atoms with E-state index in [1.54, 1.807) is 0 Å². The zero-order valence-electron chi connectivity index (χ0n) is 12.2. The van der Waals surface area contributed by atoms with Crippen LogP contribution >= 0.6 is 0 Å². The topological polar surface area (TPSA) is 50.4 Å². The number of hydrogen-bond donors (Lipinski definition) is 2. The highest BCUT2D eigenvalue weighted by molar-refractivity contribution is 5.74. The zero-order valence-corrected chi connectivity index (χ0v) is 12.2. The Kier molecular flexibility index (Phi) is 5.12. The van der Waals surface area contributed by atoms with Crippen molar-refractivity contribution in [1.82, 2.24) is 10.6 Å². The van der Waals surface area contributed by atoms with Gasteiger partial charge in [-0.2, -0.15) is 0 Å². The molecule has 1 aliphatic rings. The fourth-order valence-electron chi connectivity index (χ4n) is 2.32. The fraction of sp³-hybridized carbons (Fsp3) is 0.533. The van der Waals surface area contributed by atoms with E-state index in [0.29, 0.717) is 18.7 Å². The van der Waals surface area contributed by atoms with Crippen LogP contribution in [0.2, 0.25) is 0 Å². The van der Waals surface area contributed by atoms with Crippen LogP contribution in [0.25, 0.3) is 0 Å². The second-order valence-electron chi connectivity index (χ2n) is 5.40. The Morgan fingerprint density at radius 3 is 2.81 bits per heavy atom. The molecular weight excluding hydrogens is 278 g/mol. The lowest BCUT2D eigenvalue weighted by atomic mass is 10.0. The molecule has 2 N–H and O–H groups in total. The molecule has 1 saturated heterocycles. The highest BCUT2D eigenvalue weighted by atomic mass is 19.2. The van der Waals surface area contributed by atoms with Crippen molar-refractivity contribution in [2.45, 2.75) is 38.3 Å². The van der Waals surface area contributed by atoms with Gasteiger partial charge in [0, 0.05) is 13.2 Å². The normalized spacial score (nSPS) is 22.9. The third kappa shape index (κ3) is 4.14. The Morgan fingerprint density at radius 2 is 2.19 bits per heavy atom. The molecule has 1 aliphatic heterocycles. The van der Waals surface area contributed by atoms with Crippen LogP contribution < -0.4 is 10.6 Å². The molecule has 3 atom stereocenters. The molecule has 4 nitrogen and oxygen atoms in total. The molecule has 0 unspecified atom stereocenters. The van der Waals surface area contributed by atoms with Crippen molar-refractivity contribution in [2.75, 3.05) is 13.2 Å². The number of hydrogen-bond acceptors (Lipinski definition) is 2. The summed E-state index contributed by atoms with van der Waals surface area (Å²) in [6, 6.07) is 3.52. The van der Waals surface area contributed by atoms with E-state index in [0.717, 1.165) is 18.6 Å². The lowest BCUT2D eigenvalue weighted by Gasteiger charge is -2.18. The minimum atomic E-state index is -0.874. The van der Waals surface area contributed by atoms with Crippen LogP contribution in [0, 0.1) is 11.6 Å². The van der Waals surface area contributed by atoms with Crippen molar-refractivity contribution in [2.24, 2.45) is 0 Å². The maximum Gasteiger partial charge on any atom is 0.315 e.